The van der Waals surface area contributed by atoms with Gasteiger partial charge in [-0.25, -0.2) is 0 Å². The molecule has 1 unspecified atom stereocenters. The SMILES string of the molecule is CCC1(O)CCCN(C(=O)c2ccccc2-n2cnnc2)C1. The molecule has 22 heavy (non-hydrogen) atoms. The Morgan fingerprint density at radius 1 is 1.32 bits per heavy atom. The molecule has 0 aliphatic carbocycles. The first-order valence-electron chi connectivity index (χ1n) is 7.59. The van der Waals surface area contributed by atoms with Gasteiger partial charge in [-0.05, 0) is 31.4 Å². The Morgan fingerprint density at radius 3 is 2.77 bits per heavy atom. The van der Waals surface area contributed by atoms with Gasteiger partial charge in [0.15, 0.2) is 0 Å². The molecular weight excluding hydrogens is 280 g/mol. The summed E-state index contributed by atoms with van der Waals surface area (Å²) in [4.78, 5) is 14.6. The minimum atomic E-state index is -0.764. The van der Waals surface area contributed by atoms with Crippen molar-refractivity contribution in [3.8, 4) is 5.69 Å². The fraction of sp³-hybridized carbons (Fsp3) is 0.438. The highest BCUT2D eigenvalue weighted by atomic mass is 16.3. The molecule has 1 aliphatic heterocycles. The molecule has 1 aromatic heterocycles. The lowest BCUT2D eigenvalue weighted by Crippen LogP contribution is -2.50. The van der Waals surface area contributed by atoms with Gasteiger partial charge in [0.25, 0.3) is 5.91 Å². The fourth-order valence-corrected chi connectivity index (χ4v) is 2.95. The van der Waals surface area contributed by atoms with E-state index in [-0.39, 0.29) is 5.91 Å². The summed E-state index contributed by atoms with van der Waals surface area (Å²) < 4.78 is 1.73. The van der Waals surface area contributed by atoms with Gasteiger partial charge in [0.1, 0.15) is 12.7 Å². The third-order valence-corrected chi connectivity index (χ3v) is 4.33. The molecule has 2 heterocycles. The maximum absolute atomic E-state index is 12.9. The molecule has 3 rings (SSSR count). The smallest absolute Gasteiger partial charge is 0.256 e. The van der Waals surface area contributed by atoms with Crippen LogP contribution >= 0.6 is 0 Å². The van der Waals surface area contributed by atoms with E-state index in [2.05, 4.69) is 10.2 Å². The molecule has 1 N–H and O–H groups in total. The van der Waals surface area contributed by atoms with Crippen LogP contribution in [0.3, 0.4) is 0 Å². The van der Waals surface area contributed by atoms with E-state index in [4.69, 9.17) is 0 Å². The number of rotatable bonds is 3. The first kappa shape index (κ1) is 14.7. The molecule has 1 amide bonds. The maximum Gasteiger partial charge on any atom is 0.256 e. The fourth-order valence-electron chi connectivity index (χ4n) is 2.95. The molecule has 1 atom stereocenters. The number of para-hydroxylation sites is 1. The lowest BCUT2D eigenvalue weighted by Gasteiger charge is -2.39. The summed E-state index contributed by atoms with van der Waals surface area (Å²) in [6, 6.07) is 7.39. The number of nitrogens with zero attached hydrogens (tertiary/aromatic N) is 4. The molecular formula is C16H20N4O2. The lowest BCUT2D eigenvalue weighted by molar-refractivity contribution is -0.0270. The van der Waals surface area contributed by atoms with Gasteiger partial charge in [0.2, 0.25) is 0 Å². The first-order chi connectivity index (χ1) is 10.6. The van der Waals surface area contributed by atoms with Gasteiger partial charge >= 0.3 is 0 Å². The third-order valence-electron chi connectivity index (χ3n) is 4.33. The Hall–Kier alpha value is -2.21. The van der Waals surface area contributed by atoms with Gasteiger partial charge in [-0.1, -0.05) is 19.1 Å². The van der Waals surface area contributed by atoms with E-state index >= 15 is 0 Å². The van der Waals surface area contributed by atoms with Crippen molar-refractivity contribution in [3.63, 3.8) is 0 Å². The van der Waals surface area contributed by atoms with Crippen molar-refractivity contribution >= 4 is 5.91 Å². The van der Waals surface area contributed by atoms with Crippen LogP contribution in [0.15, 0.2) is 36.9 Å². The molecule has 6 heteroatoms. The Morgan fingerprint density at radius 2 is 2.05 bits per heavy atom. The number of β-amino-alcohol motifs (C(OH)–C–C–N with tert-alkyl or cyclic N) is 1. The molecule has 1 fully saturated rings. The third kappa shape index (κ3) is 2.74. The van der Waals surface area contributed by atoms with E-state index < -0.39 is 5.60 Å². The first-order valence-corrected chi connectivity index (χ1v) is 7.59. The molecule has 1 saturated heterocycles. The molecule has 1 aliphatic rings. The summed E-state index contributed by atoms with van der Waals surface area (Å²) in [6.07, 6.45) is 5.38. The zero-order chi connectivity index (χ0) is 15.6. The van der Waals surface area contributed by atoms with Crippen LogP contribution in [0.5, 0.6) is 0 Å². The standard InChI is InChI=1S/C16H20N4O2/c1-2-16(22)8-5-9-19(10-16)15(21)13-6-3-4-7-14(13)20-11-17-18-12-20/h3-4,6-7,11-12,22H,2,5,8-10H2,1H3. The van der Waals surface area contributed by atoms with Gasteiger partial charge in [-0.3, -0.25) is 9.36 Å². The van der Waals surface area contributed by atoms with Crippen molar-refractivity contribution in [3.05, 3.63) is 42.5 Å². The number of carbonyl (C=O) groups is 1. The van der Waals surface area contributed by atoms with E-state index in [1.165, 1.54) is 0 Å². The number of hydrogen-bond donors (Lipinski definition) is 1. The van der Waals surface area contributed by atoms with Crippen LogP contribution in [0.1, 0.15) is 36.5 Å². The van der Waals surface area contributed by atoms with Crippen LogP contribution in [-0.2, 0) is 0 Å². The van der Waals surface area contributed by atoms with E-state index in [1.54, 1.807) is 28.2 Å². The molecule has 6 nitrogen and oxygen atoms in total. The predicted molar refractivity (Wildman–Crippen MR) is 81.7 cm³/mol. The second-order valence-electron chi connectivity index (χ2n) is 5.79. The predicted octanol–water partition coefficient (Wildman–Crippen LogP) is 1.64. The topological polar surface area (TPSA) is 71.2 Å². The van der Waals surface area contributed by atoms with E-state index in [1.807, 2.05) is 25.1 Å². The molecule has 0 spiro atoms. The number of amides is 1. The van der Waals surface area contributed by atoms with Crippen LogP contribution in [0.25, 0.3) is 5.69 Å². The van der Waals surface area contributed by atoms with Crippen molar-refractivity contribution in [1.82, 2.24) is 19.7 Å². The summed E-state index contributed by atoms with van der Waals surface area (Å²) >= 11 is 0. The Bertz CT molecular complexity index is 656. The minimum absolute atomic E-state index is 0.0594. The van der Waals surface area contributed by atoms with Gasteiger partial charge in [-0.15, -0.1) is 10.2 Å². The highest BCUT2D eigenvalue weighted by Crippen LogP contribution is 2.26. The average Bonchev–Trinajstić information content (AvgIpc) is 3.08. The summed E-state index contributed by atoms with van der Waals surface area (Å²) in [5.74, 6) is -0.0594. The molecule has 1 aromatic carbocycles. The normalized spacial score (nSPS) is 21.8. The van der Waals surface area contributed by atoms with Crippen molar-refractivity contribution < 1.29 is 9.90 Å². The number of piperidine rings is 1. The van der Waals surface area contributed by atoms with Crippen LogP contribution in [-0.4, -0.2) is 49.4 Å². The van der Waals surface area contributed by atoms with E-state index in [9.17, 15) is 9.90 Å². The van der Waals surface area contributed by atoms with Crippen LogP contribution in [0, 0.1) is 0 Å². The van der Waals surface area contributed by atoms with Crippen LogP contribution in [0.4, 0.5) is 0 Å². The summed E-state index contributed by atoms with van der Waals surface area (Å²) in [7, 11) is 0. The van der Waals surface area contributed by atoms with Crippen LogP contribution in [0.2, 0.25) is 0 Å². The van der Waals surface area contributed by atoms with Crippen LogP contribution < -0.4 is 0 Å². The average molecular weight is 300 g/mol. The Balaban J connectivity index is 1.90. The summed E-state index contributed by atoms with van der Waals surface area (Å²) in [5, 5.41) is 18.1. The van der Waals surface area contributed by atoms with Crippen molar-refractivity contribution in [2.24, 2.45) is 0 Å². The number of benzene rings is 1. The second-order valence-corrected chi connectivity index (χ2v) is 5.79. The molecule has 116 valence electrons. The highest BCUT2D eigenvalue weighted by Gasteiger charge is 2.34. The number of hydrogen-bond acceptors (Lipinski definition) is 4. The molecule has 0 radical (unpaired) electrons. The minimum Gasteiger partial charge on any atom is -0.388 e. The van der Waals surface area contributed by atoms with Crippen molar-refractivity contribution in [2.75, 3.05) is 13.1 Å². The summed E-state index contributed by atoms with van der Waals surface area (Å²) in [6.45, 7) is 3.02. The zero-order valence-electron chi connectivity index (χ0n) is 12.6. The van der Waals surface area contributed by atoms with Crippen molar-refractivity contribution in [1.29, 1.82) is 0 Å². The number of likely N-dealkylation sites (tertiary alicyclic amines) is 1. The summed E-state index contributed by atoms with van der Waals surface area (Å²) in [5.41, 5.74) is 0.588. The maximum atomic E-state index is 12.9. The number of aliphatic hydroxyl groups is 1. The second kappa shape index (κ2) is 5.88. The monoisotopic (exact) mass is 300 g/mol. The number of carbonyl (C=O) groups excluding carboxylic acids is 1. The van der Waals surface area contributed by atoms with Gasteiger partial charge in [-0.2, -0.15) is 0 Å². The van der Waals surface area contributed by atoms with Gasteiger partial charge in [0.05, 0.1) is 16.9 Å². The molecule has 2 aromatic rings. The largest absolute Gasteiger partial charge is 0.388 e. The number of aromatic nitrogens is 3. The van der Waals surface area contributed by atoms with Gasteiger partial charge < -0.3 is 10.0 Å². The lowest BCUT2D eigenvalue weighted by atomic mass is 9.90. The Labute approximate surface area is 129 Å². The molecule has 0 saturated carbocycles. The van der Waals surface area contributed by atoms with Gasteiger partial charge in [0, 0.05) is 13.1 Å². The molecule has 0 bridgehead atoms. The van der Waals surface area contributed by atoms with Crippen molar-refractivity contribution in [2.45, 2.75) is 31.8 Å². The highest BCUT2D eigenvalue weighted by molar-refractivity contribution is 5.97. The van der Waals surface area contributed by atoms with E-state index in [0.29, 0.717) is 25.1 Å². The van der Waals surface area contributed by atoms with E-state index in [0.717, 1.165) is 18.5 Å². The quantitative estimate of drug-likeness (QED) is 0.935. The Kier molecular flexibility index (Phi) is 3.94. The zero-order valence-corrected chi connectivity index (χ0v) is 12.6.